The summed E-state index contributed by atoms with van der Waals surface area (Å²) in [6, 6.07) is 17.3. The molecular weight excluding hydrogens is 390 g/mol. The predicted molar refractivity (Wildman–Crippen MR) is 122 cm³/mol. The van der Waals surface area contributed by atoms with Crippen molar-refractivity contribution in [1.29, 1.82) is 0 Å². The third-order valence-electron chi connectivity index (χ3n) is 5.93. The number of carbonyl (C=O) groups excluding carboxylic acids is 1. The third-order valence-corrected chi connectivity index (χ3v) is 5.93. The van der Waals surface area contributed by atoms with E-state index in [-0.39, 0.29) is 23.9 Å². The second-order valence-electron chi connectivity index (χ2n) is 8.23. The summed E-state index contributed by atoms with van der Waals surface area (Å²) < 4.78 is 1.31. The molecule has 0 aliphatic carbocycles. The van der Waals surface area contributed by atoms with Gasteiger partial charge in [-0.15, -0.1) is 0 Å². The van der Waals surface area contributed by atoms with E-state index < -0.39 is 0 Å². The van der Waals surface area contributed by atoms with Gasteiger partial charge in [-0.1, -0.05) is 48.5 Å². The molecule has 0 radical (unpaired) electrons. The van der Waals surface area contributed by atoms with Crippen LogP contribution in [-0.2, 0) is 18.3 Å². The Morgan fingerprint density at radius 3 is 2.32 bits per heavy atom. The first-order valence-electron chi connectivity index (χ1n) is 10.7. The Morgan fingerprint density at radius 2 is 1.61 bits per heavy atom. The molecule has 2 heterocycles. The van der Waals surface area contributed by atoms with Crippen LogP contribution in [0.4, 0.5) is 0 Å². The SMILES string of the molecule is CN1CCN(CC(NC(=O)Cc2nn(C)c(=O)c3ccccc23)c2ccccc2)CC1. The molecule has 1 saturated heterocycles. The maximum Gasteiger partial charge on any atom is 0.274 e. The van der Waals surface area contributed by atoms with E-state index in [0.717, 1.165) is 43.7 Å². The van der Waals surface area contributed by atoms with Crippen molar-refractivity contribution >= 4 is 16.7 Å². The summed E-state index contributed by atoms with van der Waals surface area (Å²) in [5.41, 5.74) is 1.55. The molecule has 1 N–H and O–H groups in total. The number of amides is 1. The highest BCUT2D eigenvalue weighted by atomic mass is 16.2. The monoisotopic (exact) mass is 419 g/mol. The van der Waals surface area contributed by atoms with Crippen LogP contribution < -0.4 is 10.9 Å². The van der Waals surface area contributed by atoms with Crippen molar-refractivity contribution in [3.8, 4) is 0 Å². The minimum Gasteiger partial charge on any atom is -0.348 e. The van der Waals surface area contributed by atoms with Crippen molar-refractivity contribution in [2.75, 3.05) is 39.8 Å². The number of hydrogen-bond donors (Lipinski definition) is 1. The molecule has 7 nitrogen and oxygen atoms in total. The van der Waals surface area contributed by atoms with Gasteiger partial charge in [0.2, 0.25) is 5.91 Å². The highest BCUT2D eigenvalue weighted by Gasteiger charge is 2.22. The Balaban J connectivity index is 1.53. The Morgan fingerprint density at radius 1 is 0.968 bits per heavy atom. The predicted octanol–water partition coefficient (Wildman–Crippen LogP) is 1.58. The average Bonchev–Trinajstić information content (AvgIpc) is 2.79. The van der Waals surface area contributed by atoms with Crippen LogP contribution in [0.25, 0.3) is 10.8 Å². The first-order valence-corrected chi connectivity index (χ1v) is 10.7. The summed E-state index contributed by atoms with van der Waals surface area (Å²) in [5, 5.41) is 8.91. The van der Waals surface area contributed by atoms with Gasteiger partial charge < -0.3 is 10.2 Å². The first kappa shape index (κ1) is 21.2. The lowest BCUT2D eigenvalue weighted by Crippen LogP contribution is -2.48. The lowest BCUT2D eigenvalue weighted by Gasteiger charge is -2.35. The molecule has 1 atom stereocenters. The van der Waals surface area contributed by atoms with Gasteiger partial charge in [-0.05, 0) is 18.7 Å². The number of carbonyl (C=O) groups is 1. The van der Waals surface area contributed by atoms with E-state index in [1.807, 2.05) is 36.4 Å². The number of piperazine rings is 1. The number of aryl methyl sites for hydroxylation is 1. The van der Waals surface area contributed by atoms with E-state index in [0.29, 0.717) is 11.1 Å². The van der Waals surface area contributed by atoms with Gasteiger partial charge in [-0.2, -0.15) is 5.10 Å². The van der Waals surface area contributed by atoms with Gasteiger partial charge >= 0.3 is 0 Å². The Hall–Kier alpha value is -3.03. The van der Waals surface area contributed by atoms with Gasteiger partial charge in [0, 0.05) is 45.2 Å². The Labute approximate surface area is 182 Å². The van der Waals surface area contributed by atoms with Crippen molar-refractivity contribution in [3.05, 3.63) is 76.2 Å². The summed E-state index contributed by atoms with van der Waals surface area (Å²) in [7, 11) is 3.76. The Bertz CT molecular complexity index is 1100. The molecule has 3 aromatic rings. The van der Waals surface area contributed by atoms with Crippen LogP contribution in [0.5, 0.6) is 0 Å². The van der Waals surface area contributed by atoms with E-state index in [2.05, 4.69) is 39.4 Å². The molecule has 1 aliphatic rings. The molecule has 1 aromatic heterocycles. The number of fused-ring (bicyclic) bond motifs is 1. The third kappa shape index (κ3) is 5.00. The number of aromatic nitrogens is 2. The lowest BCUT2D eigenvalue weighted by molar-refractivity contribution is -0.121. The van der Waals surface area contributed by atoms with E-state index in [4.69, 9.17) is 0 Å². The van der Waals surface area contributed by atoms with E-state index in [1.54, 1.807) is 13.1 Å². The molecule has 162 valence electrons. The number of likely N-dealkylation sites (N-methyl/N-ethyl adjacent to an activating group) is 1. The van der Waals surface area contributed by atoms with Crippen LogP contribution in [0.2, 0.25) is 0 Å². The molecule has 2 aromatic carbocycles. The molecule has 31 heavy (non-hydrogen) atoms. The molecule has 0 spiro atoms. The van der Waals surface area contributed by atoms with Crippen LogP contribution in [-0.4, -0.2) is 65.3 Å². The number of hydrogen-bond acceptors (Lipinski definition) is 5. The maximum atomic E-state index is 13.1. The van der Waals surface area contributed by atoms with E-state index in [9.17, 15) is 9.59 Å². The van der Waals surface area contributed by atoms with Crippen LogP contribution >= 0.6 is 0 Å². The largest absolute Gasteiger partial charge is 0.348 e. The summed E-state index contributed by atoms with van der Waals surface area (Å²) in [5.74, 6) is -0.0979. The van der Waals surface area contributed by atoms with Gasteiger partial charge in [0.1, 0.15) is 0 Å². The summed E-state index contributed by atoms with van der Waals surface area (Å²) in [6.45, 7) is 4.81. The fourth-order valence-corrected chi connectivity index (χ4v) is 4.11. The second kappa shape index (κ2) is 9.41. The standard InChI is InChI=1S/C24H29N5O2/c1-27-12-14-29(15-13-27)17-22(18-8-4-3-5-9-18)25-23(30)16-21-19-10-6-7-11-20(19)24(31)28(2)26-21/h3-11,22H,12-17H2,1-2H3,(H,25,30). The number of rotatable bonds is 6. The van der Waals surface area contributed by atoms with Crippen molar-refractivity contribution in [2.24, 2.45) is 7.05 Å². The maximum absolute atomic E-state index is 13.1. The van der Waals surface area contributed by atoms with Crippen LogP contribution in [0.1, 0.15) is 17.3 Å². The molecule has 1 amide bonds. The minimum absolute atomic E-state index is 0.0979. The van der Waals surface area contributed by atoms with Gasteiger partial charge in [0.25, 0.3) is 5.56 Å². The quantitative estimate of drug-likeness (QED) is 0.657. The zero-order valence-corrected chi connectivity index (χ0v) is 18.1. The second-order valence-corrected chi connectivity index (χ2v) is 8.23. The fourth-order valence-electron chi connectivity index (χ4n) is 4.11. The molecule has 1 aliphatic heterocycles. The fraction of sp³-hybridized carbons (Fsp3) is 0.375. The van der Waals surface area contributed by atoms with Crippen molar-refractivity contribution in [1.82, 2.24) is 24.9 Å². The van der Waals surface area contributed by atoms with Crippen LogP contribution in [0, 0.1) is 0 Å². The zero-order chi connectivity index (χ0) is 21.8. The van der Waals surface area contributed by atoms with Crippen LogP contribution in [0.3, 0.4) is 0 Å². The average molecular weight is 420 g/mol. The molecule has 7 heteroatoms. The van der Waals surface area contributed by atoms with Gasteiger partial charge in [0.15, 0.2) is 0 Å². The zero-order valence-electron chi connectivity index (χ0n) is 18.1. The van der Waals surface area contributed by atoms with E-state index >= 15 is 0 Å². The van der Waals surface area contributed by atoms with Gasteiger partial charge in [-0.3, -0.25) is 14.5 Å². The summed E-state index contributed by atoms with van der Waals surface area (Å²) >= 11 is 0. The minimum atomic E-state index is -0.156. The van der Waals surface area contributed by atoms with Gasteiger partial charge in [0.05, 0.1) is 23.5 Å². The molecule has 1 fully saturated rings. The Kier molecular flexibility index (Phi) is 6.44. The van der Waals surface area contributed by atoms with Crippen molar-refractivity contribution < 1.29 is 4.79 Å². The molecule has 0 saturated carbocycles. The number of nitrogens with one attached hydrogen (secondary N) is 1. The smallest absolute Gasteiger partial charge is 0.274 e. The lowest BCUT2D eigenvalue weighted by atomic mass is 10.0. The van der Waals surface area contributed by atoms with Gasteiger partial charge in [-0.25, -0.2) is 4.68 Å². The topological polar surface area (TPSA) is 70.5 Å². The normalized spacial score (nSPS) is 16.3. The van der Waals surface area contributed by atoms with E-state index in [1.165, 1.54) is 4.68 Å². The molecular formula is C24H29N5O2. The molecule has 4 rings (SSSR count). The molecule has 0 bridgehead atoms. The first-order chi connectivity index (χ1) is 15.0. The number of benzene rings is 2. The molecule has 1 unspecified atom stereocenters. The highest BCUT2D eigenvalue weighted by molar-refractivity contribution is 5.88. The van der Waals surface area contributed by atoms with Crippen molar-refractivity contribution in [3.63, 3.8) is 0 Å². The summed E-state index contributed by atoms with van der Waals surface area (Å²) in [4.78, 5) is 30.2. The highest BCUT2D eigenvalue weighted by Crippen LogP contribution is 2.17. The number of nitrogens with zero attached hydrogens (tertiary/aromatic N) is 4. The van der Waals surface area contributed by atoms with Crippen molar-refractivity contribution in [2.45, 2.75) is 12.5 Å². The van der Waals surface area contributed by atoms with Crippen LogP contribution in [0.15, 0.2) is 59.4 Å². The summed E-state index contributed by atoms with van der Waals surface area (Å²) in [6.07, 6.45) is 0.126.